The first-order chi connectivity index (χ1) is 14.3. The summed E-state index contributed by atoms with van der Waals surface area (Å²) in [5.41, 5.74) is 2.04. The molecule has 0 radical (unpaired) electrons. The van der Waals surface area contributed by atoms with Gasteiger partial charge in [-0.25, -0.2) is 0 Å². The van der Waals surface area contributed by atoms with Crippen LogP contribution in [0.5, 0.6) is 5.75 Å². The van der Waals surface area contributed by atoms with Crippen molar-refractivity contribution in [1.82, 2.24) is 15.1 Å². The summed E-state index contributed by atoms with van der Waals surface area (Å²) in [6, 6.07) is 5.52. The number of ketones is 1. The van der Waals surface area contributed by atoms with Crippen LogP contribution in [0.4, 0.5) is 0 Å². The molecule has 8 heteroatoms. The van der Waals surface area contributed by atoms with Crippen LogP contribution >= 0.6 is 12.4 Å². The van der Waals surface area contributed by atoms with Crippen LogP contribution in [0.15, 0.2) is 18.2 Å². The molecule has 1 N–H and O–H groups in total. The Hall–Kier alpha value is -2.12. The number of carbonyl (C=O) groups excluding carboxylic acids is 3. The van der Waals surface area contributed by atoms with Gasteiger partial charge in [-0.05, 0) is 19.4 Å². The second kappa shape index (κ2) is 9.17. The molecule has 2 heterocycles. The molecule has 1 aliphatic carbocycles. The van der Waals surface area contributed by atoms with Gasteiger partial charge in [0.25, 0.3) is 0 Å². The van der Waals surface area contributed by atoms with Gasteiger partial charge in [-0.2, -0.15) is 0 Å². The van der Waals surface area contributed by atoms with Crippen molar-refractivity contribution >= 4 is 30.0 Å². The van der Waals surface area contributed by atoms with Gasteiger partial charge in [-0.15, -0.1) is 12.4 Å². The van der Waals surface area contributed by atoms with E-state index in [4.69, 9.17) is 4.74 Å². The molecule has 2 aliphatic heterocycles. The molecular formula is C23H32ClN3O4. The highest BCUT2D eigenvalue weighted by Crippen LogP contribution is 2.49. The lowest BCUT2D eigenvalue weighted by atomic mass is 9.67. The summed E-state index contributed by atoms with van der Waals surface area (Å²) in [6.07, 6.45) is 1.15. The Bertz CT molecular complexity index is 868. The molecule has 0 spiro atoms. The summed E-state index contributed by atoms with van der Waals surface area (Å²) in [5, 5.41) is 2.98. The summed E-state index contributed by atoms with van der Waals surface area (Å²) in [6.45, 7) is 9.35. The largest absolute Gasteiger partial charge is 0.487 e. The summed E-state index contributed by atoms with van der Waals surface area (Å²) in [5.74, 6) is 0.845. The molecule has 7 nitrogen and oxygen atoms in total. The number of hydrogen-bond acceptors (Lipinski definition) is 5. The maximum Gasteiger partial charge on any atom is 0.221 e. The number of carbonyl (C=O) groups is 3. The fraction of sp³-hybridized carbons (Fsp3) is 0.609. The quantitative estimate of drug-likeness (QED) is 0.758. The Morgan fingerprint density at radius 2 is 1.94 bits per heavy atom. The number of rotatable bonds is 4. The molecule has 3 aliphatic rings. The number of hydrogen-bond donors (Lipinski definition) is 1. The monoisotopic (exact) mass is 449 g/mol. The van der Waals surface area contributed by atoms with Crippen molar-refractivity contribution in [3.05, 3.63) is 29.3 Å². The molecular weight excluding hydrogens is 418 g/mol. The number of ether oxygens (including phenoxy) is 1. The Labute approximate surface area is 189 Å². The highest BCUT2D eigenvalue weighted by Gasteiger charge is 2.54. The van der Waals surface area contributed by atoms with E-state index < -0.39 is 6.04 Å². The minimum absolute atomic E-state index is 0. The van der Waals surface area contributed by atoms with Gasteiger partial charge in [0.15, 0.2) is 5.78 Å². The number of benzene rings is 1. The van der Waals surface area contributed by atoms with Gasteiger partial charge in [0, 0.05) is 63.5 Å². The highest BCUT2D eigenvalue weighted by molar-refractivity contribution is 5.91. The first-order valence-electron chi connectivity index (χ1n) is 10.9. The predicted octanol–water partition coefficient (Wildman–Crippen LogP) is 1.84. The van der Waals surface area contributed by atoms with E-state index in [0.29, 0.717) is 32.5 Å². The van der Waals surface area contributed by atoms with E-state index in [9.17, 15) is 14.4 Å². The molecule has 2 fully saturated rings. The number of Topliss-reactive ketones (excluding diaryl/α,β-unsaturated/α-hetero) is 1. The summed E-state index contributed by atoms with van der Waals surface area (Å²) in [4.78, 5) is 40.8. The predicted molar refractivity (Wildman–Crippen MR) is 120 cm³/mol. The average molecular weight is 450 g/mol. The number of fused-ring (bicyclic) bond motifs is 3. The van der Waals surface area contributed by atoms with Crippen LogP contribution < -0.4 is 10.1 Å². The minimum Gasteiger partial charge on any atom is -0.487 e. The van der Waals surface area contributed by atoms with Gasteiger partial charge in [0.1, 0.15) is 17.9 Å². The lowest BCUT2D eigenvalue weighted by Crippen LogP contribution is -2.59. The van der Waals surface area contributed by atoms with E-state index in [0.717, 1.165) is 30.8 Å². The third-order valence-electron chi connectivity index (χ3n) is 6.96. The number of piperazine rings is 1. The smallest absolute Gasteiger partial charge is 0.221 e. The van der Waals surface area contributed by atoms with Gasteiger partial charge in [0.05, 0.1) is 0 Å². The number of halogens is 1. The third kappa shape index (κ3) is 4.58. The van der Waals surface area contributed by atoms with Crippen LogP contribution in [0.25, 0.3) is 0 Å². The second-order valence-electron chi connectivity index (χ2n) is 9.06. The number of aryl methyl sites for hydroxylation is 1. The molecule has 0 aromatic heterocycles. The molecule has 1 aromatic carbocycles. The lowest BCUT2D eigenvalue weighted by molar-refractivity contribution is -0.133. The van der Waals surface area contributed by atoms with E-state index in [-0.39, 0.29) is 41.5 Å². The maximum absolute atomic E-state index is 12.7. The Morgan fingerprint density at radius 3 is 2.61 bits per heavy atom. The van der Waals surface area contributed by atoms with Crippen molar-refractivity contribution in [2.75, 3.05) is 32.7 Å². The summed E-state index contributed by atoms with van der Waals surface area (Å²) < 4.78 is 6.20. The van der Waals surface area contributed by atoms with Gasteiger partial charge >= 0.3 is 0 Å². The van der Waals surface area contributed by atoms with Crippen LogP contribution in [0.3, 0.4) is 0 Å². The minimum atomic E-state index is -0.612. The van der Waals surface area contributed by atoms with Crippen molar-refractivity contribution in [2.24, 2.45) is 0 Å². The standard InChI is InChI=1S/C23H31N3O4.ClH/c1-15-4-5-19-17(14-15)23(3)8-6-18(28)21(22(23)30-19)24-20(29)7-9-25-10-12-26(13-11-25)16(2)27;/h4-5,14,21-22H,6-13H2,1-3H3,(H,24,29);1H/t21-,22-,23-;/m0./s1. The zero-order chi connectivity index (χ0) is 21.5. The van der Waals surface area contributed by atoms with Crippen molar-refractivity contribution < 1.29 is 19.1 Å². The van der Waals surface area contributed by atoms with Crippen molar-refractivity contribution in [1.29, 1.82) is 0 Å². The zero-order valence-corrected chi connectivity index (χ0v) is 19.3. The number of nitrogens with zero attached hydrogens (tertiary/aromatic N) is 2. The van der Waals surface area contributed by atoms with Crippen LogP contribution in [0, 0.1) is 6.92 Å². The van der Waals surface area contributed by atoms with Crippen molar-refractivity contribution in [2.45, 2.75) is 57.6 Å². The molecule has 0 unspecified atom stereocenters. The number of nitrogens with one attached hydrogen (secondary N) is 1. The highest BCUT2D eigenvalue weighted by atomic mass is 35.5. The second-order valence-corrected chi connectivity index (χ2v) is 9.06. The topological polar surface area (TPSA) is 79.0 Å². The number of amides is 2. The maximum atomic E-state index is 12.7. The zero-order valence-electron chi connectivity index (χ0n) is 18.5. The normalized spacial score (nSPS) is 27.6. The molecule has 170 valence electrons. The Balaban J connectivity index is 0.00000272. The summed E-state index contributed by atoms with van der Waals surface area (Å²) >= 11 is 0. The summed E-state index contributed by atoms with van der Waals surface area (Å²) in [7, 11) is 0. The molecule has 31 heavy (non-hydrogen) atoms. The van der Waals surface area contributed by atoms with Crippen molar-refractivity contribution in [3.63, 3.8) is 0 Å². The van der Waals surface area contributed by atoms with E-state index in [2.05, 4.69) is 30.1 Å². The van der Waals surface area contributed by atoms with Gasteiger partial charge in [-0.3, -0.25) is 19.3 Å². The fourth-order valence-electron chi connectivity index (χ4n) is 4.98. The van der Waals surface area contributed by atoms with E-state index in [1.807, 2.05) is 17.0 Å². The van der Waals surface area contributed by atoms with Crippen LogP contribution in [0.1, 0.15) is 44.2 Å². The van der Waals surface area contributed by atoms with Gasteiger partial charge in [0.2, 0.25) is 11.8 Å². The van der Waals surface area contributed by atoms with Gasteiger partial charge < -0.3 is 15.0 Å². The molecule has 0 bridgehead atoms. The molecule has 1 saturated heterocycles. The third-order valence-corrected chi connectivity index (χ3v) is 6.96. The Kier molecular flexibility index (Phi) is 6.96. The molecule has 3 atom stereocenters. The Morgan fingerprint density at radius 1 is 1.23 bits per heavy atom. The van der Waals surface area contributed by atoms with E-state index in [1.54, 1.807) is 6.92 Å². The van der Waals surface area contributed by atoms with E-state index in [1.165, 1.54) is 5.56 Å². The van der Waals surface area contributed by atoms with Crippen LogP contribution in [-0.4, -0.2) is 72.3 Å². The van der Waals surface area contributed by atoms with E-state index >= 15 is 0 Å². The molecule has 2 amide bonds. The lowest BCUT2D eigenvalue weighted by Gasteiger charge is -2.39. The molecule has 4 rings (SSSR count). The van der Waals surface area contributed by atoms with Gasteiger partial charge in [-0.1, -0.05) is 24.6 Å². The molecule has 1 saturated carbocycles. The first-order valence-corrected chi connectivity index (χ1v) is 10.9. The SMILES string of the molecule is CC(=O)N1CCN(CCC(=O)N[C@H]2C(=O)CC[C@@]3(C)c4cc(C)ccc4O[C@@H]23)CC1.Cl. The average Bonchev–Trinajstić information content (AvgIpc) is 3.01. The van der Waals surface area contributed by atoms with Crippen LogP contribution in [0.2, 0.25) is 0 Å². The van der Waals surface area contributed by atoms with Crippen LogP contribution in [-0.2, 0) is 19.8 Å². The first kappa shape index (κ1) is 23.5. The fourth-order valence-corrected chi connectivity index (χ4v) is 4.98. The van der Waals surface area contributed by atoms with Crippen molar-refractivity contribution in [3.8, 4) is 5.75 Å². The molecule has 1 aromatic rings.